The smallest absolute Gasteiger partial charge is 0.317 e. The second kappa shape index (κ2) is 10.6. The quantitative estimate of drug-likeness (QED) is 0.696. The lowest BCUT2D eigenvalue weighted by Gasteiger charge is -2.27. The van der Waals surface area contributed by atoms with Crippen LogP contribution in [0.2, 0.25) is 0 Å². The topological polar surface area (TPSA) is 66.5 Å². The number of carbonyl (C=O) groups excluding carboxylic acids is 3. The summed E-state index contributed by atoms with van der Waals surface area (Å²) in [7, 11) is 0. The zero-order valence-corrected chi connectivity index (χ0v) is 14.5. The highest BCUT2D eigenvalue weighted by Crippen LogP contribution is 2.26. The Balaban J connectivity index is 2.45. The molecule has 0 heterocycles. The molecule has 0 aromatic carbocycles. The van der Waals surface area contributed by atoms with Crippen molar-refractivity contribution in [1.82, 2.24) is 10.2 Å². The molecular weight excluding hydrogens is 300 g/mol. The minimum Gasteiger partial charge on any atom is -0.329 e. The monoisotopic (exact) mass is 328 g/mol. The van der Waals surface area contributed by atoms with E-state index in [2.05, 4.69) is 5.32 Å². The summed E-state index contributed by atoms with van der Waals surface area (Å²) in [4.78, 5) is 35.7. The fourth-order valence-electron chi connectivity index (χ4n) is 2.75. The number of carbonyl (C=O) groups is 3. The number of urea groups is 1. The van der Waals surface area contributed by atoms with Gasteiger partial charge < -0.3 is 15.0 Å². The van der Waals surface area contributed by atoms with Gasteiger partial charge in [-0.25, -0.2) is 4.79 Å². The van der Waals surface area contributed by atoms with Crippen molar-refractivity contribution in [3.63, 3.8) is 0 Å². The van der Waals surface area contributed by atoms with E-state index < -0.39 is 6.04 Å². The van der Waals surface area contributed by atoms with Gasteiger partial charge in [-0.15, -0.1) is 0 Å². The van der Waals surface area contributed by atoms with Gasteiger partial charge in [0.05, 0.1) is 6.04 Å². The van der Waals surface area contributed by atoms with Crippen LogP contribution < -0.4 is 5.32 Å². The SMILES string of the molecule is CC(=O)SCCN(CCC1CCCCC1)C(=O)N[C@@H](C)C=O. The van der Waals surface area contributed by atoms with Crippen molar-refractivity contribution < 1.29 is 14.4 Å². The molecule has 22 heavy (non-hydrogen) atoms. The van der Waals surface area contributed by atoms with Gasteiger partial charge in [-0.3, -0.25) is 4.79 Å². The fourth-order valence-corrected chi connectivity index (χ4v) is 3.35. The van der Waals surface area contributed by atoms with E-state index in [4.69, 9.17) is 0 Å². The first-order valence-corrected chi connectivity index (χ1v) is 9.15. The molecule has 0 bridgehead atoms. The van der Waals surface area contributed by atoms with Crippen LogP contribution >= 0.6 is 11.8 Å². The van der Waals surface area contributed by atoms with Crippen LogP contribution in [0.4, 0.5) is 4.79 Å². The molecule has 0 unspecified atom stereocenters. The Bertz CT molecular complexity index is 370. The molecule has 0 spiro atoms. The fraction of sp³-hybridized carbons (Fsp3) is 0.812. The summed E-state index contributed by atoms with van der Waals surface area (Å²) in [6.07, 6.45) is 8.14. The van der Waals surface area contributed by atoms with Crippen LogP contribution in [0.5, 0.6) is 0 Å². The number of rotatable bonds is 8. The summed E-state index contributed by atoms with van der Waals surface area (Å²) in [6.45, 7) is 4.43. The van der Waals surface area contributed by atoms with Gasteiger partial charge in [0.1, 0.15) is 6.29 Å². The van der Waals surface area contributed by atoms with Crippen molar-refractivity contribution in [3.05, 3.63) is 0 Å². The van der Waals surface area contributed by atoms with Crippen LogP contribution in [0.3, 0.4) is 0 Å². The van der Waals surface area contributed by atoms with Gasteiger partial charge in [-0.1, -0.05) is 43.9 Å². The number of thioether (sulfide) groups is 1. The van der Waals surface area contributed by atoms with Crippen molar-refractivity contribution in [2.24, 2.45) is 5.92 Å². The molecule has 1 saturated carbocycles. The Morgan fingerprint density at radius 1 is 1.27 bits per heavy atom. The van der Waals surface area contributed by atoms with Crippen molar-refractivity contribution in [1.29, 1.82) is 0 Å². The molecular formula is C16H28N2O3S. The number of aldehydes is 1. The standard InChI is InChI=1S/C16H28N2O3S/c1-13(12-19)17-16(21)18(10-11-22-14(2)20)9-8-15-6-4-3-5-7-15/h12-13,15H,3-11H2,1-2H3,(H,17,21)/t13-/m0/s1. The van der Waals surface area contributed by atoms with E-state index in [1.54, 1.807) is 11.8 Å². The highest BCUT2D eigenvalue weighted by molar-refractivity contribution is 8.13. The molecule has 2 amide bonds. The van der Waals surface area contributed by atoms with Crippen LogP contribution in [0.25, 0.3) is 0 Å². The predicted octanol–water partition coefficient (Wildman–Crippen LogP) is 2.84. The lowest BCUT2D eigenvalue weighted by atomic mass is 9.87. The second-order valence-electron chi connectivity index (χ2n) is 5.99. The zero-order chi connectivity index (χ0) is 16.4. The maximum atomic E-state index is 12.2. The highest BCUT2D eigenvalue weighted by atomic mass is 32.2. The van der Waals surface area contributed by atoms with Crippen molar-refractivity contribution >= 4 is 29.2 Å². The zero-order valence-electron chi connectivity index (χ0n) is 13.7. The Kier molecular flexibility index (Phi) is 9.20. The summed E-state index contributed by atoms with van der Waals surface area (Å²) in [5.41, 5.74) is 0. The van der Waals surface area contributed by atoms with Gasteiger partial charge in [-0.2, -0.15) is 0 Å². The Morgan fingerprint density at radius 2 is 1.95 bits per heavy atom. The number of nitrogens with zero attached hydrogens (tertiary/aromatic N) is 1. The minimum atomic E-state index is -0.481. The summed E-state index contributed by atoms with van der Waals surface area (Å²) >= 11 is 1.23. The van der Waals surface area contributed by atoms with Gasteiger partial charge in [0.2, 0.25) is 0 Å². The van der Waals surface area contributed by atoms with E-state index >= 15 is 0 Å². The molecule has 1 N–H and O–H groups in total. The number of amides is 2. The lowest BCUT2D eigenvalue weighted by molar-refractivity contribution is -0.109. The van der Waals surface area contributed by atoms with Gasteiger partial charge in [0.25, 0.3) is 0 Å². The van der Waals surface area contributed by atoms with Crippen LogP contribution in [0.15, 0.2) is 0 Å². The van der Waals surface area contributed by atoms with Crippen molar-refractivity contribution in [2.75, 3.05) is 18.8 Å². The van der Waals surface area contributed by atoms with Crippen LogP contribution in [-0.4, -0.2) is 47.2 Å². The van der Waals surface area contributed by atoms with Crippen LogP contribution in [-0.2, 0) is 9.59 Å². The first-order valence-electron chi connectivity index (χ1n) is 8.17. The molecule has 1 fully saturated rings. The number of hydrogen-bond donors (Lipinski definition) is 1. The first-order chi connectivity index (χ1) is 10.5. The molecule has 6 heteroatoms. The average molecular weight is 328 g/mol. The Labute approximate surface area is 137 Å². The molecule has 1 aliphatic rings. The van der Waals surface area contributed by atoms with E-state index in [1.165, 1.54) is 50.8 Å². The van der Waals surface area contributed by atoms with E-state index in [0.717, 1.165) is 12.7 Å². The van der Waals surface area contributed by atoms with Gasteiger partial charge in [-0.05, 0) is 19.3 Å². The van der Waals surface area contributed by atoms with Crippen LogP contribution in [0.1, 0.15) is 52.4 Å². The Hall–Kier alpha value is -1.04. The molecule has 0 saturated heterocycles. The summed E-state index contributed by atoms with van der Waals surface area (Å²) in [6, 6.07) is -0.690. The molecule has 1 atom stereocenters. The molecule has 126 valence electrons. The molecule has 0 radical (unpaired) electrons. The predicted molar refractivity (Wildman–Crippen MR) is 90.0 cm³/mol. The Morgan fingerprint density at radius 3 is 2.55 bits per heavy atom. The largest absolute Gasteiger partial charge is 0.329 e. The molecule has 0 aliphatic heterocycles. The van der Waals surface area contributed by atoms with Crippen molar-refractivity contribution in [3.8, 4) is 0 Å². The van der Waals surface area contributed by atoms with E-state index in [1.807, 2.05) is 0 Å². The lowest BCUT2D eigenvalue weighted by Crippen LogP contribution is -2.46. The maximum absolute atomic E-state index is 12.2. The third-order valence-corrected chi connectivity index (χ3v) is 4.83. The van der Waals surface area contributed by atoms with Crippen LogP contribution in [0, 0.1) is 5.92 Å². The second-order valence-corrected chi connectivity index (χ2v) is 7.27. The summed E-state index contributed by atoms with van der Waals surface area (Å²) in [5.74, 6) is 1.30. The van der Waals surface area contributed by atoms with E-state index in [9.17, 15) is 14.4 Å². The summed E-state index contributed by atoms with van der Waals surface area (Å²) in [5, 5.41) is 2.74. The number of nitrogens with one attached hydrogen (secondary N) is 1. The molecule has 1 aliphatic carbocycles. The third kappa shape index (κ3) is 7.82. The number of hydrogen-bond acceptors (Lipinski definition) is 4. The van der Waals surface area contributed by atoms with Crippen molar-refractivity contribution in [2.45, 2.75) is 58.4 Å². The van der Waals surface area contributed by atoms with Gasteiger partial charge in [0.15, 0.2) is 5.12 Å². The van der Waals surface area contributed by atoms with Gasteiger partial charge in [0, 0.05) is 25.8 Å². The highest BCUT2D eigenvalue weighted by Gasteiger charge is 2.19. The van der Waals surface area contributed by atoms with Gasteiger partial charge >= 0.3 is 6.03 Å². The molecule has 0 aromatic rings. The summed E-state index contributed by atoms with van der Waals surface area (Å²) < 4.78 is 0. The third-order valence-electron chi connectivity index (χ3n) is 4.04. The minimum absolute atomic E-state index is 0.0638. The molecule has 0 aromatic heterocycles. The average Bonchev–Trinajstić information content (AvgIpc) is 2.51. The molecule has 1 rings (SSSR count). The first kappa shape index (κ1) is 19.0. The molecule has 5 nitrogen and oxygen atoms in total. The van der Waals surface area contributed by atoms with E-state index in [0.29, 0.717) is 24.8 Å². The van der Waals surface area contributed by atoms with E-state index in [-0.39, 0.29) is 11.1 Å². The maximum Gasteiger partial charge on any atom is 0.317 e. The normalized spacial score (nSPS) is 16.8.